The monoisotopic (exact) mass is 128 g/mol. The fraction of sp³-hybridized carbons (Fsp3) is 0.875. The maximum atomic E-state index is 5.73. The first-order valence-electron chi connectivity index (χ1n) is 3.86. The van der Waals surface area contributed by atoms with Crippen LogP contribution in [-0.2, 0) is 0 Å². The van der Waals surface area contributed by atoms with Crippen molar-refractivity contribution >= 4 is 0 Å². The molecule has 0 saturated carbocycles. The van der Waals surface area contributed by atoms with Gasteiger partial charge in [-0.2, -0.15) is 0 Å². The van der Waals surface area contributed by atoms with Crippen molar-refractivity contribution in [3.8, 4) is 0 Å². The van der Waals surface area contributed by atoms with E-state index in [1.54, 1.807) is 0 Å². The highest BCUT2D eigenvalue weighted by molar-refractivity contribution is 4.60. The lowest BCUT2D eigenvalue weighted by molar-refractivity contribution is 0.545. The fourth-order valence-corrected chi connectivity index (χ4v) is 0.873. The van der Waals surface area contributed by atoms with Crippen LogP contribution in [0.4, 0.5) is 0 Å². The predicted molar refractivity (Wildman–Crippen MR) is 42.1 cm³/mol. The van der Waals surface area contributed by atoms with Crippen LogP contribution in [0.25, 0.3) is 0 Å². The lowest BCUT2D eigenvalue weighted by Gasteiger charge is -2.07. The van der Waals surface area contributed by atoms with E-state index in [9.17, 15) is 0 Å². The second-order valence-corrected chi connectivity index (χ2v) is 2.54. The third kappa shape index (κ3) is 5.84. The van der Waals surface area contributed by atoms with E-state index >= 15 is 0 Å². The van der Waals surface area contributed by atoms with E-state index in [0.717, 1.165) is 12.8 Å². The third-order valence-electron chi connectivity index (χ3n) is 1.50. The van der Waals surface area contributed by atoms with E-state index in [0.29, 0.717) is 6.04 Å². The molecule has 0 aliphatic carbocycles. The van der Waals surface area contributed by atoms with Gasteiger partial charge in [0.15, 0.2) is 0 Å². The van der Waals surface area contributed by atoms with Crippen molar-refractivity contribution in [2.45, 2.75) is 45.1 Å². The van der Waals surface area contributed by atoms with Crippen molar-refractivity contribution in [3.63, 3.8) is 0 Å². The van der Waals surface area contributed by atoms with Gasteiger partial charge in [-0.1, -0.05) is 33.1 Å². The van der Waals surface area contributed by atoms with Crippen LogP contribution in [-0.4, -0.2) is 6.04 Å². The molecule has 0 saturated heterocycles. The summed E-state index contributed by atoms with van der Waals surface area (Å²) in [5, 5.41) is 0. The molecule has 0 aliphatic rings. The van der Waals surface area contributed by atoms with Gasteiger partial charge in [-0.15, -0.1) is 0 Å². The molecule has 1 unspecified atom stereocenters. The summed E-state index contributed by atoms with van der Waals surface area (Å²) in [5.41, 5.74) is 5.73. The van der Waals surface area contributed by atoms with Crippen LogP contribution in [0.1, 0.15) is 39.0 Å². The van der Waals surface area contributed by atoms with Crippen molar-refractivity contribution in [1.29, 1.82) is 0 Å². The maximum Gasteiger partial charge on any atom is 0.00388 e. The molecule has 1 atom stereocenters. The summed E-state index contributed by atoms with van der Waals surface area (Å²) < 4.78 is 0. The maximum absolute atomic E-state index is 5.73. The topological polar surface area (TPSA) is 26.0 Å². The minimum atomic E-state index is 0.405. The molecule has 0 heterocycles. The smallest absolute Gasteiger partial charge is 0.00388 e. The van der Waals surface area contributed by atoms with Gasteiger partial charge >= 0.3 is 0 Å². The van der Waals surface area contributed by atoms with Gasteiger partial charge in [0.2, 0.25) is 0 Å². The molecule has 1 nitrogen and oxygen atoms in total. The van der Waals surface area contributed by atoms with Gasteiger partial charge in [-0.25, -0.2) is 0 Å². The van der Waals surface area contributed by atoms with Gasteiger partial charge in [0.1, 0.15) is 0 Å². The predicted octanol–water partition coefficient (Wildman–Crippen LogP) is 2.12. The van der Waals surface area contributed by atoms with Crippen LogP contribution in [0.5, 0.6) is 0 Å². The van der Waals surface area contributed by atoms with Gasteiger partial charge < -0.3 is 5.73 Å². The van der Waals surface area contributed by atoms with Crippen molar-refractivity contribution < 1.29 is 0 Å². The van der Waals surface area contributed by atoms with E-state index in [1.807, 2.05) is 0 Å². The Morgan fingerprint density at radius 3 is 2.56 bits per heavy atom. The molecule has 1 heteroatoms. The number of hydrogen-bond donors (Lipinski definition) is 1. The van der Waals surface area contributed by atoms with E-state index in [2.05, 4.69) is 13.8 Å². The van der Waals surface area contributed by atoms with Crippen molar-refractivity contribution in [3.05, 3.63) is 6.92 Å². The largest absolute Gasteiger partial charge is 0.328 e. The highest BCUT2D eigenvalue weighted by Gasteiger charge is 1.97. The lowest BCUT2D eigenvalue weighted by Crippen LogP contribution is -2.18. The van der Waals surface area contributed by atoms with Gasteiger partial charge in [0.25, 0.3) is 0 Å². The van der Waals surface area contributed by atoms with Gasteiger partial charge in [-0.3, -0.25) is 0 Å². The summed E-state index contributed by atoms with van der Waals surface area (Å²) in [6.07, 6.45) is 5.75. The molecule has 0 aliphatic heterocycles. The molecule has 0 rings (SSSR count). The number of rotatable bonds is 5. The Balaban J connectivity index is 2.95. The van der Waals surface area contributed by atoms with Gasteiger partial charge in [0.05, 0.1) is 0 Å². The van der Waals surface area contributed by atoms with Gasteiger partial charge in [0, 0.05) is 6.04 Å². The SMILES string of the molecule is [CH2]CCC(N)CCCC. The normalized spacial score (nSPS) is 13.7. The summed E-state index contributed by atoms with van der Waals surface area (Å²) in [5.74, 6) is 0. The molecule has 9 heavy (non-hydrogen) atoms. The molecule has 0 bridgehead atoms. The highest BCUT2D eigenvalue weighted by atomic mass is 14.6. The summed E-state index contributed by atoms with van der Waals surface area (Å²) in [6.45, 7) is 5.95. The molecule has 0 aromatic rings. The molecular weight excluding hydrogens is 110 g/mol. The molecule has 0 aromatic heterocycles. The van der Waals surface area contributed by atoms with E-state index in [1.165, 1.54) is 19.3 Å². The lowest BCUT2D eigenvalue weighted by atomic mass is 10.1. The average molecular weight is 128 g/mol. The Hall–Kier alpha value is -0.0400. The summed E-state index contributed by atoms with van der Waals surface area (Å²) in [4.78, 5) is 0. The first-order valence-corrected chi connectivity index (χ1v) is 3.86. The zero-order chi connectivity index (χ0) is 7.11. The summed E-state index contributed by atoms with van der Waals surface area (Å²) in [7, 11) is 0. The minimum absolute atomic E-state index is 0.405. The molecule has 0 spiro atoms. The summed E-state index contributed by atoms with van der Waals surface area (Å²) in [6, 6.07) is 0.405. The third-order valence-corrected chi connectivity index (χ3v) is 1.50. The first kappa shape index (κ1) is 8.96. The van der Waals surface area contributed by atoms with Crippen LogP contribution in [0, 0.1) is 6.92 Å². The van der Waals surface area contributed by atoms with Gasteiger partial charge in [-0.05, 0) is 12.8 Å². The Labute approximate surface area is 58.6 Å². The Morgan fingerprint density at radius 1 is 1.44 bits per heavy atom. The Morgan fingerprint density at radius 2 is 2.11 bits per heavy atom. The molecule has 2 N–H and O–H groups in total. The van der Waals surface area contributed by atoms with Crippen LogP contribution < -0.4 is 5.73 Å². The standard InChI is InChI=1S/C8H18N/c1-3-5-7-8(9)6-4-2/h8H,2-7,9H2,1H3. The zero-order valence-electron chi connectivity index (χ0n) is 6.40. The molecular formula is C8H18N. The first-order chi connectivity index (χ1) is 4.31. The second kappa shape index (κ2) is 6.09. The zero-order valence-corrected chi connectivity index (χ0v) is 6.40. The van der Waals surface area contributed by atoms with Crippen LogP contribution >= 0.6 is 0 Å². The van der Waals surface area contributed by atoms with E-state index < -0.39 is 0 Å². The van der Waals surface area contributed by atoms with E-state index in [4.69, 9.17) is 5.73 Å². The molecule has 1 radical (unpaired) electrons. The number of unbranched alkanes of at least 4 members (excludes halogenated alkanes) is 1. The Bertz CT molecular complexity index is 52.5. The second-order valence-electron chi connectivity index (χ2n) is 2.54. The van der Waals surface area contributed by atoms with Crippen molar-refractivity contribution in [1.82, 2.24) is 0 Å². The van der Waals surface area contributed by atoms with Crippen LogP contribution in [0.15, 0.2) is 0 Å². The van der Waals surface area contributed by atoms with Crippen molar-refractivity contribution in [2.75, 3.05) is 0 Å². The molecule has 55 valence electrons. The minimum Gasteiger partial charge on any atom is -0.328 e. The highest BCUT2D eigenvalue weighted by Crippen LogP contribution is 2.02. The summed E-state index contributed by atoms with van der Waals surface area (Å²) >= 11 is 0. The Kier molecular flexibility index (Phi) is 6.06. The fourth-order valence-electron chi connectivity index (χ4n) is 0.873. The number of hydrogen-bond acceptors (Lipinski definition) is 1. The van der Waals surface area contributed by atoms with Crippen LogP contribution in [0.2, 0.25) is 0 Å². The molecule has 0 fully saturated rings. The quantitative estimate of drug-likeness (QED) is 0.603. The molecule has 0 amide bonds. The number of nitrogens with two attached hydrogens (primary N) is 1. The molecule has 0 aromatic carbocycles. The average Bonchev–Trinajstić information content (AvgIpc) is 1.85. The van der Waals surface area contributed by atoms with E-state index in [-0.39, 0.29) is 0 Å². The van der Waals surface area contributed by atoms with Crippen LogP contribution in [0.3, 0.4) is 0 Å². The van der Waals surface area contributed by atoms with Crippen molar-refractivity contribution in [2.24, 2.45) is 5.73 Å².